The van der Waals surface area contributed by atoms with Crippen molar-refractivity contribution < 1.29 is 0 Å². The summed E-state index contributed by atoms with van der Waals surface area (Å²) in [6.45, 7) is 4.64. The summed E-state index contributed by atoms with van der Waals surface area (Å²) in [7, 11) is 0. The number of fused-ring (bicyclic) bond motifs is 8. The molecule has 0 spiro atoms. The Morgan fingerprint density at radius 3 is 1.73 bits per heavy atom. The van der Waals surface area contributed by atoms with E-state index in [9.17, 15) is 0 Å². The van der Waals surface area contributed by atoms with Gasteiger partial charge in [-0.15, -0.1) is 11.3 Å². The average Bonchev–Trinajstić information content (AvgIpc) is 3.90. The first-order valence-electron chi connectivity index (χ1n) is 18.6. The number of para-hydroxylation sites is 2. The van der Waals surface area contributed by atoms with E-state index in [4.69, 9.17) is 19.9 Å². The number of thiazole rings is 1. The Morgan fingerprint density at radius 2 is 1.04 bits per heavy atom. The van der Waals surface area contributed by atoms with Crippen LogP contribution in [0.1, 0.15) is 25.0 Å². The van der Waals surface area contributed by atoms with Gasteiger partial charge >= 0.3 is 0 Å². The highest BCUT2D eigenvalue weighted by molar-refractivity contribution is 7.22. The second-order valence-electron chi connectivity index (χ2n) is 14.7. The van der Waals surface area contributed by atoms with Crippen LogP contribution in [0.5, 0.6) is 0 Å². The molecule has 0 amide bonds. The van der Waals surface area contributed by atoms with Gasteiger partial charge in [-0.2, -0.15) is 9.97 Å². The van der Waals surface area contributed by atoms with E-state index in [1.807, 2.05) is 12.1 Å². The summed E-state index contributed by atoms with van der Waals surface area (Å²) >= 11 is 1.78. The Labute approximate surface area is 322 Å². The Morgan fingerprint density at radius 1 is 0.473 bits per heavy atom. The fourth-order valence-corrected chi connectivity index (χ4v) is 9.48. The van der Waals surface area contributed by atoms with Gasteiger partial charge in [0.15, 0.2) is 11.6 Å². The third-order valence-corrected chi connectivity index (χ3v) is 12.3. The molecule has 0 atom stereocenters. The molecule has 260 valence electrons. The predicted molar refractivity (Wildman–Crippen MR) is 227 cm³/mol. The van der Waals surface area contributed by atoms with Crippen molar-refractivity contribution in [3.63, 3.8) is 0 Å². The molecule has 0 saturated carbocycles. The lowest BCUT2D eigenvalue weighted by molar-refractivity contribution is 0.661. The van der Waals surface area contributed by atoms with Crippen LogP contribution in [0.25, 0.3) is 93.6 Å². The molecule has 0 unspecified atom stereocenters. The van der Waals surface area contributed by atoms with Crippen molar-refractivity contribution >= 4 is 43.4 Å². The first-order chi connectivity index (χ1) is 27.0. The minimum atomic E-state index is -0.232. The summed E-state index contributed by atoms with van der Waals surface area (Å²) in [4.78, 5) is 20.8. The van der Waals surface area contributed by atoms with Crippen LogP contribution in [0.2, 0.25) is 0 Å². The van der Waals surface area contributed by atoms with Gasteiger partial charge in [-0.05, 0) is 52.1 Å². The van der Waals surface area contributed by atoms with Crippen LogP contribution in [0, 0.1) is 0 Å². The Bertz CT molecular complexity index is 3050. The van der Waals surface area contributed by atoms with Crippen molar-refractivity contribution in [1.82, 2.24) is 24.5 Å². The molecule has 10 aromatic rings. The van der Waals surface area contributed by atoms with Crippen molar-refractivity contribution in [3.8, 4) is 61.5 Å². The first-order valence-corrected chi connectivity index (χ1v) is 19.4. The van der Waals surface area contributed by atoms with Crippen LogP contribution >= 0.6 is 11.3 Å². The highest BCUT2D eigenvalue weighted by Gasteiger charge is 2.37. The average molecular weight is 724 g/mol. The normalized spacial score (nSPS) is 13.1. The largest absolute Gasteiger partial charge is 0.278 e. The zero-order valence-electron chi connectivity index (χ0n) is 30.2. The van der Waals surface area contributed by atoms with E-state index in [2.05, 4.69) is 170 Å². The third-order valence-electron chi connectivity index (χ3n) is 11.1. The van der Waals surface area contributed by atoms with Crippen LogP contribution in [0.15, 0.2) is 164 Å². The number of nitrogens with zero attached hydrogens (tertiary/aromatic N) is 5. The van der Waals surface area contributed by atoms with Gasteiger partial charge in [0, 0.05) is 38.4 Å². The van der Waals surface area contributed by atoms with Crippen LogP contribution in [-0.4, -0.2) is 24.5 Å². The molecular formula is C49H33N5S. The quantitative estimate of drug-likeness (QED) is 0.177. The van der Waals surface area contributed by atoms with Crippen LogP contribution in [0.4, 0.5) is 0 Å². The summed E-state index contributed by atoms with van der Waals surface area (Å²) in [6.07, 6.45) is 0. The number of rotatable bonds is 5. The molecule has 0 saturated heterocycles. The van der Waals surface area contributed by atoms with Crippen LogP contribution in [0.3, 0.4) is 0 Å². The minimum absolute atomic E-state index is 0.232. The van der Waals surface area contributed by atoms with E-state index in [-0.39, 0.29) is 5.41 Å². The minimum Gasteiger partial charge on any atom is -0.278 e. The monoisotopic (exact) mass is 723 g/mol. The van der Waals surface area contributed by atoms with E-state index in [1.165, 1.54) is 32.5 Å². The van der Waals surface area contributed by atoms with Gasteiger partial charge in [0.05, 0.1) is 21.3 Å². The predicted octanol–water partition coefficient (Wildman–Crippen LogP) is 12.6. The molecule has 0 radical (unpaired) electrons. The first kappa shape index (κ1) is 31.7. The maximum atomic E-state index is 5.28. The Balaban J connectivity index is 1.10. The maximum absolute atomic E-state index is 5.28. The van der Waals surface area contributed by atoms with Gasteiger partial charge in [0.25, 0.3) is 0 Å². The van der Waals surface area contributed by atoms with Crippen molar-refractivity contribution in [2.75, 3.05) is 0 Å². The maximum Gasteiger partial charge on any atom is 0.238 e. The molecule has 5 nitrogen and oxygen atoms in total. The van der Waals surface area contributed by atoms with Gasteiger partial charge in [0.1, 0.15) is 5.01 Å². The summed E-state index contributed by atoms with van der Waals surface area (Å²) in [5, 5.41) is 3.37. The van der Waals surface area contributed by atoms with Crippen molar-refractivity contribution in [2.45, 2.75) is 19.3 Å². The standard InChI is InChI=1S/C49H33N5S/c1-49(2)38-27-28-40-44(55-47(50-40)33-15-7-4-8-16-33)43(38)37-26-25-34(29-39(37)49)46-51-45(32-23-21-31(22-24-32)30-13-5-3-6-14-30)52-48(53-46)54-41-19-11-9-17-35(41)36-18-10-12-20-42(36)54/h3-29H,1-2H3. The SMILES string of the molecule is CC1(C)c2cc(-c3nc(-c4ccc(-c5ccccc5)cc4)nc(-n4c5ccccc5c5ccccc54)n3)ccc2-c2c1ccc1nc(-c3ccccc3)sc21. The summed E-state index contributed by atoms with van der Waals surface area (Å²) in [5.74, 6) is 1.86. The molecule has 11 rings (SSSR count). The summed E-state index contributed by atoms with van der Waals surface area (Å²) in [6, 6.07) is 57.6. The highest BCUT2D eigenvalue weighted by Crippen LogP contribution is 2.53. The third kappa shape index (κ3) is 4.99. The lowest BCUT2D eigenvalue weighted by Gasteiger charge is -2.22. The highest BCUT2D eigenvalue weighted by atomic mass is 32.1. The van der Waals surface area contributed by atoms with Gasteiger partial charge in [0.2, 0.25) is 5.95 Å². The molecule has 1 aliphatic carbocycles. The fourth-order valence-electron chi connectivity index (χ4n) is 8.35. The van der Waals surface area contributed by atoms with Gasteiger partial charge in [-0.1, -0.05) is 153 Å². The zero-order valence-corrected chi connectivity index (χ0v) is 31.0. The lowest BCUT2D eigenvalue weighted by Crippen LogP contribution is -2.15. The molecule has 6 heteroatoms. The molecule has 0 N–H and O–H groups in total. The van der Waals surface area contributed by atoms with Crippen molar-refractivity contribution in [1.29, 1.82) is 0 Å². The molecule has 0 aliphatic heterocycles. The fraction of sp³-hybridized carbons (Fsp3) is 0.0612. The van der Waals surface area contributed by atoms with E-state index >= 15 is 0 Å². The zero-order chi connectivity index (χ0) is 36.7. The molecule has 55 heavy (non-hydrogen) atoms. The van der Waals surface area contributed by atoms with Crippen LogP contribution < -0.4 is 0 Å². The topological polar surface area (TPSA) is 56.5 Å². The summed E-state index contributed by atoms with van der Waals surface area (Å²) < 4.78 is 3.40. The van der Waals surface area contributed by atoms with Crippen molar-refractivity contribution in [2.24, 2.45) is 0 Å². The van der Waals surface area contributed by atoms with Gasteiger partial charge in [-0.3, -0.25) is 4.57 Å². The molecule has 0 bridgehead atoms. The smallest absolute Gasteiger partial charge is 0.238 e. The van der Waals surface area contributed by atoms with Gasteiger partial charge in [-0.25, -0.2) is 9.97 Å². The molecule has 7 aromatic carbocycles. The lowest BCUT2D eigenvalue weighted by atomic mass is 9.82. The number of benzene rings is 7. The van der Waals surface area contributed by atoms with Gasteiger partial charge < -0.3 is 0 Å². The van der Waals surface area contributed by atoms with Crippen molar-refractivity contribution in [3.05, 3.63) is 175 Å². The molecule has 3 heterocycles. The van der Waals surface area contributed by atoms with E-state index < -0.39 is 0 Å². The Kier molecular flexibility index (Phi) is 7.00. The number of hydrogen-bond donors (Lipinski definition) is 0. The number of aromatic nitrogens is 5. The number of hydrogen-bond acceptors (Lipinski definition) is 5. The second-order valence-corrected chi connectivity index (χ2v) is 15.7. The van der Waals surface area contributed by atoms with E-state index in [1.54, 1.807) is 11.3 Å². The van der Waals surface area contributed by atoms with E-state index in [0.717, 1.165) is 54.6 Å². The summed E-state index contributed by atoms with van der Waals surface area (Å²) in [5.41, 5.74) is 13.4. The Hall–Kier alpha value is -6.76. The molecule has 1 aliphatic rings. The molecule has 0 fully saturated rings. The second kappa shape index (κ2) is 12.1. The van der Waals surface area contributed by atoms with E-state index in [0.29, 0.717) is 17.6 Å². The van der Waals surface area contributed by atoms with Crippen LogP contribution in [-0.2, 0) is 5.41 Å². The molecular weight excluding hydrogens is 691 g/mol. The molecule has 3 aromatic heterocycles.